The first-order valence-electron chi connectivity index (χ1n) is 7.53. The number of ketones is 2. The number of hydrogen-bond donors (Lipinski definition) is 0. The summed E-state index contributed by atoms with van der Waals surface area (Å²) in [5.41, 5.74) is 1.65. The molecule has 2 heteroatoms. The summed E-state index contributed by atoms with van der Waals surface area (Å²) in [5, 5.41) is 0. The summed E-state index contributed by atoms with van der Waals surface area (Å²) in [7, 11) is 0. The third-order valence-electron chi connectivity index (χ3n) is 7.83. The first kappa shape index (κ1) is 9.68. The van der Waals surface area contributed by atoms with E-state index in [9.17, 15) is 9.59 Å². The van der Waals surface area contributed by atoms with Crippen LogP contribution in [-0.2, 0) is 9.59 Å². The Morgan fingerprint density at radius 3 is 1.74 bits per heavy atom. The minimum absolute atomic E-state index is 0.102. The summed E-state index contributed by atoms with van der Waals surface area (Å²) in [6.07, 6.45) is 5.58. The second kappa shape index (κ2) is 2.19. The van der Waals surface area contributed by atoms with Crippen molar-refractivity contribution in [3.63, 3.8) is 0 Å². The molecule has 0 heterocycles. The van der Waals surface area contributed by atoms with E-state index < -0.39 is 10.8 Å². The van der Waals surface area contributed by atoms with Gasteiger partial charge in [-0.3, -0.25) is 9.59 Å². The summed E-state index contributed by atoms with van der Waals surface area (Å²) in [6.45, 7) is 4.20. The molecular formula is C17H16O2. The summed E-state index contributed by atoms with van der Waals surface area (Å²) < 4.78 is 0. The van der Waals surface area contributed by atoms with Crippen molar-refractivity contribution in [1.29, 1.82) is 0 Å². The normalized spacial score (nSPS) is 65.4. The maximum atomic E-state index is 13.0. The Kier molecular flexibility index (Phi) is 1.12. The van der Waals surface area contributed by atoms with Crippen molar-refractivity contribution >= 4 is 11.6 Å². The van der Waals surface area contributed by atoms with Crippen LogP contribution in [0, 0.1) is 46.3 Å². The van der Waals surface area contributed by atoms with Gasteiger partial charge in [-0.1, -0.05) is 23.3 Å². The van der Waals surface area contributed by atoms with Gasteiger partial charge in [-0.05, 0) is 43.9 Å². The zero-order valence-electron chi connectivity index (χ0n) is 11.1. The lowest BCUT2D eigenvalue weighted by Gasteiger charge is -2.62. The standard InChI is InChI=1S/C17H16O2/c1-6-4-16-12-8-3-9-11(10(8)14(16)18)15(19)17(16,13(9)12)5-7(6)2/h4-5,8-13H,3H2,1-2H3/t8-,9+,10-,11+,12+,13-,16-,17-/m0/s1. The quantitative estimate of drug-likeness (QED) is 0.662. The van der Waals surface area contributed by atoms with E-state index in [1.54, 1.807) is 0 Å². The molecule has 2 spiro atoms. The van der Waals surface area contributed by atoms with Gasteiger partial charge in [-0.25, -0.2) is 0 Å². The fourth-order valence-corrected chi connectivity index (χ4v) is 7.60. The van der Waals surface area contributed by atoms with Crippen LogP contribution in [0.15, 0.2) is 23.3 Å². The highest BCUT2D eigenvalue weighted by Crippen LogP contribution is 2.91. The number of allylic oxidation sites excluding steroid dienone is 4. The molecule has 0 aromatic heterocycles. The number of hydrogen-bond acceptors (Lipinski definition) is 2. The van der Waals surface area contributed by atoms with Crippen molar-refractivity contribution < 1.29 is 9.59 Å². The van der Waals surface area contributed by atoms with Crippen LogP contribution in [0.2, 0.25) is 0 Å². The molecule has 19 heavy (non-hydrogen) atoms. The van der Waals surface area contributed by atoms with E-state index in [1.807, 2.05) is 0 Å². The second-order valence-corrected chi connectivity index (χ2v) is 7.79. The van der Waals surface area contributed by atoms with E-state index >= 15 is 0 Å². The molecule has 0 aromatic rings. The molecule has 96 valence electrons. The fourth-order valence-electron chi connectivity index (χ4n) is 7.60. The van der Waals surface area contributed by atoms with Gasteiger partial charge in [-0.15, -0.1) is 0 Å². The summed E-state index contributed by atoms with van der Waals surface area (Å²) in [6, 6.07) is 0. The topological polar surface area (TPSA) is 34.1 Å². The van der Waals surface area contributed by atoms with Crippen LogP contribution in [0.5, 0.6) is 0 Å². The van der Waals surface area contributed by atoms with Crippen molar-refractivity contribution in [1.82, 2.24) is 0 Å². The minimum atomic E-state index is -0.393. The monoisotopic (exact) mass is 252 g/mol. The molecule has 0 N–H and O–H groups in total. The zero-order chi connectivity index (χ0) is 12.9. The first-order valence-corrected chi connectivity index (χ1v) is 7.53. The third kappa shape index (κ3) is 0.552. The SMILES string of the molecule is CC1=C[C@]23C(=O)[C@H]4[C@@H]5C[C@@H]6[C@H]4C(=O)[C@]2(C=C1C)[C@@H]6[C@@H]53. The molecule has 0 saturated heterocycles. The number of rotatable bonds is 0. The number of fused-ring (bicyclic) bond motifs is 1. The van der Waals surface area contributed by atoms with Crippen molar-refractivity contribution in [3.8, 4) is 0 Å². The lowest BCUT2D eigenvalue weighted by Crippen LogP contribution is -2.67. The van der Waals surface area contributed by atoms with Crippen LogP contribution in [0.1, 0.15) is 20.3 Å². The van der Waals surface area contributed by atoms with Crippen LogP contribution >= 0.6 is 0 Å². The Morgan fingerprint density at radius 1 is 0.895 bits per heavy atom. The highest BCUT2D eigenvalue weighted by Gasteiger charge is 2.95. The average molecular weight is 252 g/mol. The number of carbonyl (C=O) groups excluding carboxylic acids is 2. The Labute approximate surface area is 111 Å². The van der Waals surface area contributed by atoms with Crippen LogP contribution in [-0.4, -0.2) is 11.6 Å². The van der Waals surface area contributed by atoms with E-state index in [2.05, 4.69) is 26.0 Å². The molecule has 6 aliphatic carbocycles. The molecule has 6 rings (SSSR count). The fraction of sp³-hybridized carbons (Fsp3) is 0.647. The maximum absolute atomic E-state index is 13.0. The largest absolute Gasteiger partial charge is 0.298 e. The molecule has 0 amide bonds. The van der Waals surface area contributed by atoms with E-state index in [0.717, 1.165) is 6.42 Å². The first-order chi connectivity index (χ1) is 9.05. The van der Waals surface area contributed by atoms with Crippen LogP contribution < -0.4 is 0 Å². The van der Waals surface area contributed by atoms with Gasteiger partial charge in [0.2, 0.25) is 0 Å². The van der Waals surface area contributed by atoms with Crippen molar-refractivity contribution in [2.24, 2.45) is 46.3 Å². The minimum Gasteiger partial charge on any atom is -0.298 e. The maximum Gasteiger partial charge on any atom is 0.148 e. The van der Waals surface area contributed by atoms with Gasteiger partial charge in [0.15, 0.2) is 0 Å². The summed E-state index contributed by atoms with van der Waals surface area (Å²) in [5.74, 6) is 3.19. The van der Waals surface area contributed by atoms with Crippen LogP contribution in [0.4, 0.5) is 0 Å². The molecule has 6 aliphatic rings. The van der Waals surface area contributed by atoms with Gasteiger partial charge in [0.05, 0.1) is 10.8 Å². The van der Waals surface area contributed by atoms with Crippen molar-refractivity contribution in [2.75, 3.05) is 0 Å². The van der Waals surface area contributed by atoms with Crippen molar-refractivity contribution in [2.45, 2.75) is 20.3 Å². The van der Waals surface area contributed by atoms with Gasteiger partial charge in [0.1, 0.15) is 11.6 Å². The average Bonchev–Trinajstić information content (AvgIpc) is 2.93. The Bertz CT molecular complexity index is 625. The molecule has 0 aliphatic heterocycles. The predicted octanol–water partition coefficient (Wildman–Crippen LogP) is 2.16. The van der Waals surface area contributed by atoms with Gasteiger partial charge in [-0.2, -0.15) is 0 Å². The molecular weight excluding hydrogens is 236 g/mol. The molecule has 5 fully saturated rings. The number of Topliss-reactive ketones (excluding diaryl/α,β-unsaturated/α-hetero) is 2. The van der Waals surface area contributed by atoms with E-state index in [0.29, 0.717) is 35.2 Å². The van der Waals surface area contributed by atoms with Crippen LogP contribution in [0.3, 0.4) is 0 Å². The smallest absolute Gasteiger partial charge is 0.148 e. The summed E-state index contributed by atoms with van der Waals surface area (Å²) >= 11 is 0. The van der Waals surface area contributed by atoms with Gasteiger partial charge < -0.3 is 0 Å². The van der Waals surface area contributed by atoms with Gasteiger partial charge in [0.25, 0.3) is 0 Å². The predicted molar refractivity (Wildman–Crippen MR) is 68.0 cm³/mol. The van der Waals surface area contributed by atoms with E-state index in [4.69, 9.17) is 0 Å². The molecule has 8 atom stereocenters. The van der Waals surface area contributed by atoms with E-state index in [-0.39, 0.29) is 11.8 Å². The van der Waals surface area contributed by atoms with E-state index in [1.165, 1.54) is 11.1 Å². The van der Waals surface area contributed by atoms with Gasteiger partial charge in [0, 0.05) is 11.8 Å². The highest BCUT2D eigenvalue weighted by molar-refractivity contribution is 6.14. The number of carbonyl (C=O) groups is 2. The third-order valence-corrected chi connectivity index (χ3v) is 7.83. The molecule has 0 radical (unpaired) electrons. The Balaban J connectivity index is 1.78. The lowest BCUT2D eigenvalue weighted by molar-refractivity contribution is -0.167. The van der Waals surface area contributed by atoms with Gasteiger partial charge >= 0.3 is 0 Å². The summed E-state index contributed by atoms with van der Waals surface area (Å²) in [4.78, 5) is 26.1. The highest BCUT2D eigenvalue weighted by atomic mass is 16.2. The molecule has 2 bridgehead atoms. The molecule has 0 unspecified atom stereocenters. The lowest BCUT2D eigenvalue weighted by atomic mass is 9.37. The second-order valence-electron chi connectivity index (χ2n) is 7.79. The van der Waals surface area contributed by atoms with Crippen LogP contribution in [0.25, 0.3) is 0 Å². The zero-order valence-corrected chi connectivity index (χ0v) is 11.1. The molecule has 0 aromatic carbocycles. The Morgan fingerprint density at radius 2 is 1.32 bits per heavy atom. The van der Waals surface area contributed by atoms with Crippen molar-refractivity contribution in [3.05, 3.63) is 23.3 Å². The Hall–Kier alpha value is -1.18. The molecule has 5 saturated carbocycles. The molecule has 2 nitrogen and oxygen atoms in total.